The van der Waals surface area contributed by atoms with Gasteiger partial charge in [0, 0.05) is 28.7 Å². The van der Waals surface area contributed by atoms with Crippen LogP contribution in [0.5, 0.6) is 5.75 Å². The van der Waals surface area contributed by atoms with Gasteiger partial charge in [-0.25, -0.2) is 5.43 Å². The summed E-state index contributed by atoms with van der Waals surface area (Å²) in [5.41, 5.74) is 8.12. The van der Waals surface area contributed by atoms with Crippen LogP contribution in [0.15, 0.2) is 96.1 Å². The molecule has 5 nitrogen and oxygen atoms in total. The van der Waals surface area contributed by atoms with Gasteiger partial charge in [-0.15, -0.1) is 0 Å². The third kappa shape index (κ3) is 4.86. The highest BCUT2D eigenvalue weighted by Gasteiger charge is 2.14. The van der Waals surface area contributed by atoms with Gasteiger partial charge >= 0.3 is 0 Å². The highest BCUT2D eigenvalue weighted by molar-refractivity contribution is 6.01. The topological polar surface area (TPSA) is 55.6 Å². The van der Waals surface area contributed by atoms with Gasteiger partial charge in [-0.3, -0.25) is 4.79 Å². The molecule has 5 aromatic rings. The van der Waals surface area contributed by atoms with Crippen LogP contribution >= 0.6 is 0 Å². The minimum Gasteiger partial charge on any atom is -0.494 e. The van der Waals surface area contributed by atoms with Crippen molar-refractivity contribution < 1.29 is 9.53 Å². The maximum absolute atomic E-state index is 12.5. The number of benzene rings is 4. The van der Waals surface area contributed by atoms with Crippen LogP contribution in [0.4, 0.5) is 0 Å². The van der Waals surface area contributed by atoms with E-state index in [0.29, 0.717) is 6.61 Å². The van der Waals surface area contributed by atoms with Crippen molar-refractivity contribution in [3.8, 4) is 5.75 Å². The summed E-state index contributed by atoms with van der Waals surface area (Å²) in [5, 5.41) is 7.91. The van der Waals surface area contributed by atoms with Crippen LogP contribution in [0.2, 0.25) is 0 Å². The summed E-state index contributed by atoms with van der Waals surface area (Å²) in [7, 11) is 0. The summed E-state index contributed by atoms with van der Waals surface area (Å²) in [6, 6.07) is 30.8. The molecule has 180 valence electrons. The standard InChI is InChI=1S/C31H29N3O2/c1-3-36-26-17-15-23(16-18-26)19-31(35)33-32-20-29-22(2)34(30-14-7-6-13-28(29)30)21-25-11-8-10-24-9-4-5-12-27(24)25/h4-18,20H,3,19,21H2,1-2H3,(H,33,35)/b32-20-. The molecule has 0 saturated carbocycles. The molecule has 0 bridgehead atoms. The van der Waals surface area contributed by atoms with E-state index in [2.05, 4.69) is 82.7 Å². The molecule has 0 aliphatic carbocycles. The van der Waals surface area contributed by atoms with Gasteiger partial charge in [0.05, 0.1) is 19.2 Å². The van der Waals surface area contributed by atoms with E-state index in [4.69, 9.17) is 4.74 Å². The number of carbonyl (C=O) groups is 1. The fourth-order valence-electron chi connectivity index (χ4n) is 4.69. The molecular weight excluding hydrogens is 446 g/mol. The summed E-state index contributed by atoms with van der Waals surface area (Å²) in [6.45, 7) is 5.42. The Morgan fingerprint density at radius 2 is 1.64 bits per heavy atom. The van der Waals surface area contributed by atoms with Gasteiger partial charge in [-0.1, -0.05) is 72.8 Å². The van der Waals surface area contributed by atoms with E-state index in [1.165, 1.54) is 16.3 Å². The van der Waals surface area contributed by atoms with Gasteiger partial charge < -0.3 is 9.30 Å². The normalized spacial score (nSPS) is 11.4. The third-order valence-electron chi connectivity index (χ3n) is 6.47. The van der Waals surface area contributed by atoms with Crippen molar-refractivity contribution >= 4 is 33.8 Å². The molecule has 1 aromatic heterocycles. The number of hydrazone groups is 1. The minimum absolute atomic E-state index is 0.160. The second kappa shape index (κ2) is 10.5. The molecule has 0 radical (unpaired) electrons. The minimum atomic E-state index is -0.160. The monoisotopic (exact) mass is 475 g/mol. The average molecular weight is 476 g/mol. The molecule has 5 heteroatoms. The molecule has 0 fully saturated rings. The molecule has 0 unspecified atom stereocenters. The number of carbonyl (C=O) groups excluding carboxylic acids is 1. The van der Waals surface area contributed by atoms with Crippen molar-refractivity contribution in [1.29, 1.82) is 0 Å². The Bertz CT molecular complexity index is 1540. The predicted octanol–water partition coefficient (Wildman–Crippen LogP) is 6.24. The van der Waals surface area contributed by atoms with E-state index in [0.717, 1.165) is 40.0 Å². The number of nitrogens with one attached hydrogen (secondary N) is 1. The van der Waals surface area contributed by atoms with Crippen LogP contribution in [0, 0.1) is 6.92 Å². The summed E-state index contributed by atoms with van der Waals surface area (Å²) in [4.78, 5) is 12.5. The average Bonchev–Trinajstić information content (AvgIpc) is 3.16. The molecule has 0 saturated heterocycles. The summed E-state index contributed by atoms with van der Waals surface area (Å²) in [5.74, 6) is 0.641. The van der Waals surface area contributed by atoms with Gasteiger partial charge in [0.2, 0.25) is 5.91 Å². The van der Waals surface area contributed by atoms with Crippen LogP contribution in [0.3, 0.4) is 0 Å². The van der Waals surface area contributed by atoms with Crippen LogP contribution in [0.1, 0.15) is 29.3 Å². The number of ether oxygens (including phenoxy) is 1. The van der Waals surface area contributed by atoms with Crippen LogP contribution in [0.25, 0.3) is 21.7 Å². The molecule has 0 spiro atoms. The van der Waals surface area contributed by atoms with Crippen LogP contribution in [-0.2, 0) is 17.8 Å². The highest BCUT2D eigenvalue weighted by atomic mass is 16.5. The lowest BCUT2D eigenvalue weighted by molar-refractivity contribution is -0.120. The van der Waals surface area contributed by atoms with E-state index in [1.54, 1.807) is 6.21 Å². The van der Waals surface area contributed by atoms with Crippen molar-refractivity contribution in [2.45, 2.75) is 26.8 Å². The number of hydrogen-bond acceptors (Lipinski definition) is 3. The predicted molar refractivity (Wildman–Crippen MR) is 147 cm³/mol. The molecule has 1 heterocycles. The number of fused-ring (bicyclic) bond motifs is 2. The Morgan fingerprint density at radius 3 is 2.44 bits per heavy atom. The first kappa shape index (κ1) is 23.4. The SMILES string of the molecule is CCOc1ccc(CC(=O)N/N=C\c2c(C)n(Cc3cccc4ccccc34)c3ccccc23)cc1. The number of rotatable bonds is 8. The van der Waals surface area contributed by atoms with Gasteiger partial charge in [0.1, 0.15) is 5.75 Å². The Balaban J connectivity index is 1.36. The van der Waals surface area contributed by atoms with Gasteiger partial charge in [-0.2, -0.15) is 5.10 Å². The van der Waals surface area contributed by atoms with Gasteiger partial charge in [-0.05, 0) is 53.9 Å². The van der Waals surface area contributed by atoms with Gasteiger partial charge in [0.15, 0.2) is 0 Å². The molecule has 5 rings (SSSR count). The van der Waals surface area contributed by atoms with Crippen molar-refractivity contribution in [3.63, 3.8) is 0 Å². The Labute approximate surface area is 211 Å². The van der Waals surface area contributed by atoms with E-state index in [9.17, 15) is 4.79 Å². The lowest BCUT2D eigenvalue weighted by Gasteiger charge is -2.11. The second-order valence-corrected chi connectivity index (χ2v) is 8.79. The quantitative estimate of drug-likeness (QED) is 0.213. The molecule has 36 heavy (non-hydrogen) atoms. The number of amides is 1. The first-order chi connectivity index (χ1) is 17.6. The Morgan fingerprint density at radius 1 is 0.917 bits per heavy atom. The zero-order valence-electron chi connectivity index (χ0n) is 20.6. The molecule has 0 atom stereocenters. The highest BCUT2D eigenvalue weighted by Crippen LogP contribution is 2.27. The van der Waals surface area contributed by atoms with Crippen molar-refractivity contribution in [2.75, 3.05) is 6.61 Å². The summed E-state index contributed by atoms with van der Waals surface area (Å²) >= 11 is 0. The fourth-order valence-corrected chi connectivity index (χ4v) is 4.69. The van der Waals surface area contributed by atoms with E-state index in [1.807, 2.05) is 37.3 Å². The Kier molecular flexibility index (Phi) is 6.80. The smallest absolute Gasteiger partial charge is 0.244 e. The summed E-state index contributed by atoms with van der Waals surface area (Å²) < 4.78 is 7.78. The van der Waals surface area contributed by atoms with E-state index < -0.39 is 0 Å². The number of nitrogens with zero attached hydrogens (tertiary/aromatic N) is 2. The van der Waals surface area contributed by atoms with Crippen molar-refractivity contribution in [1.82, 2.24) is 9.99 Å². The molecule has 1 amide bonds. The lowest BCUT2D eigenvalue weighted by atomic mass is 10.0. The van der Waals surface area contributed by atoms with Crippen molar-refractivity contribution in [2.24, 2.45) is 5.10 Å². The molecule has 0 aliphatic rings. The van der Waals surface area contributed by atoms with E-state index >= 15 is 0 Å². The van der Waals surface area contributed by atoms with Crippen LogP contribution < -0.4 is 10.2 Å². The first-order valence-corrected chi connectivity index (χ1v) is 12.2. The second-order valence-electron chi connectivity index (χ2n) is 8.79. The number of hydrogen-bond donors (Lipinski definition) is 1. The lowest BCUT2D eigenvalue weighted by Crippen LogP contribution is -2.19. The van der Waals surface area contributed by atoms with Crippen molar-refractivity contribution in [3.05, 3.63) is 113 Å². The molecule has 1 N–H and O–H groups in total. The molecule has 0 aliphatic heterocycles. The first-order valence-electron chi connectivity index (χ1n) is 12.2. The third-order valence-corrected chi connectivity index (χ3v) is 6.47. The fraction of sp³-hybridized carbons (Fsp3) is 0.161. The van der Waals surface area contributed by atoms with E-state index in [-0.39, 0.29) is 12.3 Å². The number of para-hydroxylation sites is 1. The molecule has 4 aromatic carbocycles. The largest absolute Gasteiger partial charge is 0.494 e. The van der Waals surface area contributed by atoms with Crippen LogP contribution in [-0.4, -0.2) is 23.3 Å². The Hall–Kier alpha value is -4.38. The molecular formula is C31H29N3O2. The number of aromatic nitrogens is 1. The maximum atomic E-state index is 12.5. The zero-order valence-corrected chi connectivity index (χ0v) is 20.6. The summed E-state index contributed by atoms with van der Waals surface area (Å²) in [6.07, 6.45) is 2.01. The zero-order chi connectivity index (χ0) is 24.9. The maximum Gasteiger partial charge on any atom is 0.244 e. The van der Waals surface area contributed by atoms with Gasteiger partial charge in [0.25, 0.3) is 0 Å².